The van der Waals surface area contributed by atoms with E-state index in [1.807, 2.05) is 0 Å². The highest BCUT2D eigenvalue weighted by atomic mass is 16.4. The summed E-state index contributed by atoms with van der Waals surface area (Å²) in [5.74, 6) is -0.560. The molecule has 1 heterocycles. The fourth-order valence-corrected chi connectivity index (χ4v) is 1.40. The zero-order valence-electron chi connectivity index (χ0n) is 7.95. The van der Waals surface area contributed by atoms with Gasteiger partial charge in [0.05, 0.1) is 5.52 Å². The molecule has 15 heavy (non-hydrogen) atoms. The van der Waals surface area contributed by atoms with Gasteiger partial charge >= 0.3 is 5.76 Å². The van der Waals surface area contributed by atoms with Crippen LogP contribution in [0.4, 0.5) is 0 Å². The lowest BCUT2D eigenvalue weighted by Crippen LogP contribution is -2.07. The number of nitrogens with one attached hydrogen (secondary N) is 1. The Morgan fingerprint density at radius 1 is 1.47 bits per heavy atom. The van der Waals surface area contributed by atoms with Crippen molar-refractivity contribution in [2.75, 3.05) is 6.54 Å². The number of aromatic amines is 1. The number of aromatic nitrogens is 1. The topological polar surface area (TPSA) is 89.1 Å². The van der Waals surface area contributed by atoms with Gasteiger partial charge in [-0.2, -0.15) is 0 Å². The smallest absolute Gasteiger partial charge is 0.408 e. The number of rotatable bonds is 3. The van der Waals surface area contributed by atoms with Crippen LogP contribution >= 0.6 is 0 Å². The first kappa shape index (κ1) is 9.67. The lowest BCUT2D eigenvalue weighted by atomic mass is 10.1. The Labute approximate surface area is 84.9 Å². The minimum absolute atomic E-state index is 0.0403. The van der Waals surface area contributed by atoms with E-state index in [4.69, 9.17) is 10.2 Å². The monoisotopic (exact) mass is 206 g/mol. The van der Waals surface area contributed by atoms with Gasteiger partial charge in [0, 0.05) is 12.0 Å². The van der Waals surface area contributed by atoms with Gasteiger partial charge in [0.15, 0.2) is 11.4 Å². The Morgan fingerprint density at radius 3 is 3.00 bits per heavy atom. The average molecular weight is 206 g/mol. The highest BCUT2D eigenvalue weighted by molar-refractivity contribution is 5.98. The number of nitrogens with two attached hydrogens (primary N) is 1. The second-order valence-corrected chi connectivity index (χ2v) is 3.19. The van der Waals surface area contributed by atoms with Crippen LogP contribution in [0.2, 0.25) is 0 Å². The van der Waals surface area contributed by atoms with E-state index in [-0.39, 0.29) is 5.78 Å². The third-order valence-corrected chi connectivity index (χ3v) is 2.11. The van der Waals surface area contributed by atoms with Gasteiger partial charge in [0.1, 0.15) is 0 Å². The van der Waals surface area contributed by atoms with Crippen molar-refractivity contribution in [3.05, 3.63) is 34.3 Å². The molecular formula is C10H10N2O3. The number of carbonyl (C=O) groups excluding carboxylic acids is 1. The molecule has 0 bridgehead atoms. The summed E-state index contributed by atoms with van der Waals surface area (Å²) in [6.07, 6.45) is 0.299. The number of benzene rings is 1. The molecule has 0 spiro atoms. The Balaban J connectivity index is 2.46. The summed E-state index contributed by atoms with van der Waals surface area (Å²) in [6.45, 7) is 0.318. The molecule has 3 N–H and O–H groups in total. The summed E-state index contributed by atoms with van der Waals surface area (Å²) >= 11 is 0. The molecule has 0 aliphatic carbocycles. The largest absolute Gasteiger partial charge is 0.417 e. The van der Waals surface area contributed by atoms with E-state index in [9.17, 15) is 9.59 Å². The van der Waals surface area contributed by atoms with Crippen LogP contribution in [0.1, 0.15) is 16.8 Å². The van der Waals surface area contributed by atoms with E-state index in [0.29, 0.717) is 29.6 Å². The third-order valence-electron chi connectivity index (χ3n) is 2.11. The number of Topliss-reactive ketones (excluding diaryl/α,β-unsaturated/α-hetero) is 1. The standard InChI is InChI=1S/C10H10N2O3/c11-4-3-8(13)6-1-2-9-7(5-6)12-10(14)15-9/h1-2,5H,3-4,11H2,(H,12,14). The molecule has 0 amide bonds. The molecule has 0 saturated heterocycles. The SMILES string of the molecule is NCCC(=O)c1ccc2oc(=O)[nH]c2c1. The number of hydrogen-bond donors (Lipinski definition) is 2. The van der Waals surface area contributed by atoms with Gasteiger partial charge in [-0.15, -0.1) is 0 Å². The van der Waals surface area contributed by atoms with Crippen LogP contribution in [0, 0.1) is 0 Å². The van der Waals surface area contributed by atoms with Crippen molar-refractivity contribution in [2.45, 2.75) is 6.42 Å². The van der Waals surface area contributed by atoms with Crippen LogP contribution in [0.3, 0.4) is 0 Å². The van der Waals surface area contributed by atoms with Crippen molar-refractivity contribution in [3.63, 3.8) is 0 Å². The Bertz CT molecular complexity index is 553. The van der Waals surface area contributed by atoms with Crippen LogP contribution in [0.5, 0.6) is 0 Å². The molecule has 0 saturated carbocycles. The fraction of sp³-hybridized carbons (Fsp3) is 0.200. The number of oxazole rings is 1. The number of carbonyl (C=O) groups is 1. The molecule has 5 nitrogen and oxygen atoms in total. The molecule has 0 radical (unpaired) electrons. The maximum atomic E-state index is 11.5. The first-order chi connectivity index (χ1) is 7.20. The van der Waals surface area contributed by atoms with Crippen LogP contribution in [0.25, 0.3) is 11.1 Å². The molecule has 0 unspecified atom stereocenters. The molecule has 0 atom stereocenters. The second-order valence-electron chi connectivity index (χ2n) is 3.19. The zero-order chi connectivity index (χ0) is 10.8. The molecular weight excluding hydrogens is 196 g/mol. The predicted octanol–water partition coefficient (Wildman–Crippen LogP) is 0.653. The average Bonchev–Trinajstić information content (AvgIpc) is 2.57. The first-order valence-electron chi connectivity index (χ1n) is 4.57. The van der Waals surface area contributed by atoms with Crippen molar-refractivity contribution < 1.29 is 9.21 Å². The van der Waals surface area contributed by atoms with Gasteiger partial charge in [-0.3, -0.25) is 9.78 Å². The van der Waals surface area contributed by atoms with Crippen molar-refractivity contribution in [1.82, 2.24) is 4.98 Å². The van der Waals surface area contributed by atoms with Gasteiger partial charge in [-0.1, -0.05) is 0 Å². The summed E-state index contributed by atoms with van der Waals surface area (Å²) in [6, 6.07) is 4.81. The highest BCUT2D eigenvalue weighted by Gasteiger charge is 2.07. The van der Waals surface area contributed by atoms with Crippen molar-refractivity contribution in [2.24, 2.45) is 5.73 Å². The highest BCUT2D eigenvalue weighted by Crippen LogP contribution is 2.13. The molecule has 0 fully saturated rings. The Kier molecular flexibility index (Phi) is 2.39. The molecule has 0 aliphatic rings. The van der Waals surface area contributed by atoms with Gasteiger partial charge < -0.3 is 10.2 Å². The zero-order valence-corrected chi connectivity index (χ0v) is 7.95. The van der Waals surface area contributed by atoms with E-state index >= 15 is 0 Å². The maximum absolute atomic E-state index is 11.5. The van der Waals surface area contributed by atoms with Crippen LogP contribution in [-0.4, -0.2) is 17.3 Å². The maximum Gasteiger partial charge on any atom is 0.417 e. The van der Waals surface area contributed by atoms with Crippen molar-refractivity contribution >= 4 is 16.9 Å². The van der Waals surface area contributed by atoms with E-state index < -0.39 is 5.76 Å². The predicted molar refractivity (Wildman–Crippen MR) is 54.8 cm³/mol. The second kappa shape index (κ2) is 3.70. The van der Waals surface area contributed by atoms with Crippen LogP contribution in [0.15, 0.2) is 27.4 Å². The molecule has 5 heteroatoms. The number of hydrogen-bond acceptors (Lipinski definition) is 4. The number of H-pyrrole nitrogens is 1. The van der Waals surface area contributed by atoms with Crippen LogP contribution < -0.4 is 11.5 Å². The summed E-state index contributed by atoms with van der Waals surface area (Å²) in [5.41, 5.74) is 6.80. The van der Waals surface area contributed by atoms with Gasteiger partial charge in [0.2, 0.25) is 0 Å². The molecule has 2 aromatic rings. The lowest BCUT2D eigenvalue weighted by Gasteiger charge is -1.97. The molecule has 78 valence electrons. The van der Waals surface area contributed by atoms with Crippen LogP contribution in [-0.2, 0) is 0 Å². The van der Waals surface area contributed by atoms with Gasteiger partial charge in [-0.25, -0.2) is 4.79 Å². The van der Waals surface area contributed by atoms with E-state index in [0.717, 1.165) is 0 Å². The van der Waals surface area contributed by atoms with Gasteiger partial charge in [-0.05, 0) is 24.7 Å². The summed E-state index contributed by atoms with van der Waals surface area (Å²) in [7, 11) is 0. The molecule has 0 aliphatic heterocycles. The fourth-order valence-electron chi connectivity index (χ4n) is 1.40. The van der Waals surface area contributed by atoms with Crippen molar-refractivity contribution in [1.29, 1.82) is 0 Å². The minimum atomic E-state index is -0.520. The quantitative estimate of drug-likeness (QED) is 0.721. The Morgan fingerprint density at radius 2 is 2.27 bits per heavy atom. The summed E-state index contributed by atoms with van der Waals surface area (Å²) in [5, 5.41) is 0. The number of fused-ring (bicyclic) bond motifs is 1. The normalized spacial score (nSPS) is 10.7. The third kappa shape index (κ3) is 1.82. The van der Waals surface area contributed by atoms with E-state index in [1.165, 1.54) is 0 Å². The van der Waals surface area contributed by atoms with Gasteiger partial charge in [0.25, 0.3) is 0 Å². The molecule has 2 rings (SSSR count). The Hall–Kier alpha value is -1.88. The van der Waals surface area contributed by atoms with Crippen molar-refractivity contribution in [3.8, 4) is 0 Å². The minimum Gasteiger partial charge on any atom is -0.408 e. The lowest BCUT2D eigenvalue weighted by molar-refractivity contribution is 0.0985. The van der Waals surface area contributed by atoms with E-state index in [2.05, 4.69) is 4.98 Å². The first-order valence-corrected chi connectivity index (χ1v) is 4.57. The molecule has 1 aromatic heterocycles. The summed E-state index contributed by atoms with van der Waals surface area (Å²) < 4.78 is 4.82. The number of ketones is 1. The van der Waals surface area contributed by atoms with E-state index in [1.54, 1.807) is 18.2 Å². The summed E-state index contributed by atoms with van der Waals surface area (Å²) in [4.78, 5) is 24.9. The molecule has 1 aromatic carbocycles.